The van der Waals surface area contributed by atoms with Crippen LogP contribution in [0.3, 0.4) is 0 Å². The lowest BCUT2D eigenvalue weighted by atomic mass is 10.3. The van der Waals surface area contributed by atoms with Crippen molar-refractivity contribution in [1.29, 1.82) is 0 Å². The van der Waals surface area contributed by atoms with Gasteiger partial charge in [0.25, 0.3) is 0 Å². The van der Waals surface area contributed by atoms with E-state index in [-0.39, 0.29) is 6.61 Å². The van der Waals surface area contributed by atoms with Gasteiger partial charge in [0.2, 0.25) is 0 Å². The summed E-state index contributed by atoms with van der Waals surface area (Å²) in [5.41, 5.74) is 1.85. The summed E-state index contributed by atoms with van der Waals surface area (Å²) >= 11 is 1.20. The highest BCUT2D eigenvalue weighted by Gasteiger charge is 2.06. The zero-order chi connectivity index (χ0) is 9.97. The van der Waals surface area contributed by atoms with Crippen molar-refractivity contribution in [1.82, 2.24) is 14.3 Å². The summed E-state index contributed by atoms with van der Waals surface area (Å²) in [6, 6.07) is 3.83. The molecule has 0 radical (unpaired) electrons. The minimum Gasteiger partial charge on any atom is -0.389 e. The van der Waals surface area contributed by atoms with Crippen LogP contribution < -0.4 is 0 Å². The van der Waals surface area contributed by atoms with E-state index in [2.05, 4.69) is 14.3 Å². The van der Waals surface area contributed by atoms with Crippen LogP contribution in [0, 0.1) is 6.92 Å². The molecule has 4 nitrogen and oxygen atoms in total. The first-order valence-corrected chi connectivity index (χ1v) is 4.93. The van der Waals surface area contributed by atoms with Crippen molar-refractivity contribution >= 4 is 11.5 Å². The Hall–Kier alpha value is -1.33. The lowest BCUT2D eigenvalue weighted by Crippen LogP contribution is -1.87. The third-order valence-corrected chi connectivity index (χ3v) is 2.44. The number of aromatic nitrogens is 3. The Kier molecular flexibility index (Phi) is 2.51. The fourth-order valence-electron chi connectivity index (χ4n) is 1.02. The minimum atomic E-state index is -0.0659. The van der Waals surface area contributed by atoms with Gasteiger partial charge in [0.05, 0.1) is 6.61 Å². The molecule has 0 fully saturated rings. The lowest BCUT2D eigenvalue weighted by molar-refractivity contribution is 0.281. The predicted octanol–water partition coefficient (Wildman–Crippen LogP) is 1.40. The van der Waals surface area contributed by atoms with Crippen LogP contribution in [-0.2, 0) is 6.61 Å². The first-order valence-electron chi connectivity index (χ1n) is 4.16. The highest BCUT2D eigenvalue weighted by molar-refractivity contribution is 7.05. The average Bonchev–Trinajstić information content (AvgIpc) is 2.67. The zero-order valence-electron chi connectivity index (χ0n) is 7.64. The maximum Gasteiger partial charge on any atom is 0.191 e. The molecule has 0 unspecified atom stereocenters. The summed E-state index contributed by atoms with van der Waals surface area (Å²) in [6.07, 6.45) is 1.77. The Morgan fingerprint density at radius 2 is 2.29 bits per heavy atom. The molecule has 14 heavy (non-hydrogen) atoms. The zero-order valence-corrected chi connectivity index (χ0v) is 8.45. The highest BCUT2D eigenvalue weighted by atomic mass is 32.1. The highest BCUT2D eigenvalue weighted by Crippen LogP contribution is 2.15. The van der Waals surface area contributed by atoms with Crippen LogP contribution in [0.1, 0.15) is 10.6 Å². The van der Waals surface area contributed by atoms with Gasteiger partial charge in [0, 0.05) is 6.20 Å². The first-order chi connectivity index (χ1) is 6.79. The average molecular weight is 207 g/mol. The summed E-state index contributed by atoms with van der Waals surface area (Å²) in [7, 11) is 0. The largest absolute Gasteiger partial charge is 0.389 e. The van der Waals surface area contributed by atoms with Crippen LogP contribution in [0.4, 0.5) is 0 Å². The Labute approximate surface area is 85.5 Å². The second-order valence-electron chi connectivity index (χ2n) is 2.89. The van der Waals surface area contributed by atoms with E-state index >= 15 is 0 Å². The fraction of sp³-hybridized carbons (Fsp3) is 0.222. The number of aliphatic hydroxyl groups excluding tert-OH is 1. The summed E-state index contributed by atoms with van der Waals surface area (Å²) in [5, 5.41) is 9.44. The summed E-state index contributed by atoms with van der Waals surface area (Å²) in [5.74, 6) is 0.582. The van der Waals surface area contributed by atoms with Crippen molar-refractivity contribution in [3.8, 4) is 11.5 Å². The monoisotopic (exact) mass is 207 g/mol. The third-order valence-electron chi connectivity index (χ3n) is 1.74. The van der Waals surface area contributed by atoms with Gasteiger partial charge >= 0.3 is 0 Å². The van der Waals surface area contributed by atoms with Crippen LogP contribution in [0.2, 0.25) is 0 Å². The van der Waals surface area contributed by atoms with Crippen molar-refractivity contribution in [2.75, 3.05) is 0 Å². The van der Waals surface area contributed by atoms with Gasteiger partial charge in [-0.05, 0) is 30.1 Å². The van der Waals surface area contributed by atoms with E-state index < -0.39 is 0 Å². The van der Waals surface area contributed by atoms with Gasteiger partial charge in [0.1, 0.15) is 10.7 Å². The molecule has 5 heteroatoms. The smallest absolute Gasteiger partial charge is 0.191 e. The molecule has 0 saturated heterocycles. The number of aryl methyl sites for hydroxylation is 1. The molecule has 2 aromatic heterocycles. The number of hydrogen-bond donors (Lipinski definition) is 1. The van der Waals surface area contributed by atoms with Crippen LogP contribution in [0.5, 0.6) is 0 Å². The Bertz CT molecular complexity index is 424. The summed E-state index contributed by atoms with van der Waals surface area (Å²) < 4.78 is 4.09. The first kappa shape index (κ1) is 9.23. The van der Waals surface area contributed by atoms with Crippen LogP contribution in [0.25, 0.3) is 11.5 Å². The fourth-order valence-corrected chi connectivity index (χ4v) is 1.53. The number of pyridine rings is 1. The van der Waals surface area contributed by atoms with E-state index in [1.807, 2.05) is 19.1 Å². The van der Waals surface area contributed by atoms with Gasteiger partial charge in [-0.15, -0.1) is 0 Å². The molecule has 0 atom stereocenters. The van der Waals surface area contributed by atoms with E-state index in [0.717, 1.165) is 11.3 Å². The van der Waals surface area contributed by atoms with Gasteiger partial charge in [-0.3, -0.25) is 4.98 Å². The molecule has 0 aliphatic carbocycles. The molecular formula is C9H9N3OS. The van der Waals surface area contributed by atoms with Crippen LogP contribution in [-0.4, -0.2) is 19.4 Å². The molecular weight excluding hydrogens is 198 g/mol. The molecule has 0 aromatic carbocycles. The van der Waals surface area contributed by atoms with E-state index in [0.29, 0.717) is 10.8 Å². The molecule has 0 spiro atoms. The minimum absolute atomic E-state index is 0.0659. The number of nitrogens with zero attached hydrogens (tertiary/aromatic N) is 3. The van der Waals surface area contributed by atoms with E-state index in [1.165, 1.54) is 11.5 Å². The standard InChI is InChI=1S/C9H9N3OS/c1-6-2-3-7(10-4-6)9-11-8(5-13)14-12-9/h2-4,13H,5H2,1H3. The molecule has 2 heterocycles. The molecule has 1 N–H and O–H groups in total. The van der Waals surface area contributed by atoms with Crippen molar-refractivity contribution in [2.45, 2.75) is 13.5 Å². The van der Waals surface area contributed by atoms with Gasteiger partial charge in [-0.25, -0.2) is 4.98 Å². The maximum atomic E-state index is 8.83. The van der Waals surface area contributed by atoms with Crippen molar-refractivity contribution in [3.63, 3.8) is 0 Å². The number of aliphatic hydroxyl groups is 1. The molecule has 72 valence electrons. The normalized spacial score (nSPS) is 10.4. The third kappa shape index (κ3) is 1.78. The predicted molar refractivity (Wildman–Crippen MR) is 53.8 cm³/mol. The molecule has 0 bridgehead atoms. The maximum absolute atomic E-state index is 8.83. The topological polar surface area (TPSA) is 58.9 Å². The van der Waals surface area contributed by atoms with Gasteiger partial charge < -0.3 is 5.11 Å². The molecule has 0 amide bonds. The van der Waals surface area contributed by atoms with Crippen molar-refractivity contribution in [2.24, 2.45) is 0 Å². The second-order valence-corrected chi connectivity index (χ2v) is 3.73. The Morgan fingerprint density at radius 3 is 2.86 bits per heavy atom. The summed E-state index contributed by atoms with van der Waals surface area (Å²) in [6.45, 7) is 1.91. The molecule has 2 aromatic rings. The number of hydrogen-bond acceptors (Lipinski definition) is 5. The molecule has 2 rings (SSSR count). The Morgan fingerprint density at radius 1 is 1.43 bits per heavy atom. The quantitative estimate of drug-likeness (QED) is 0.808. The van der Waals surface area contributed by atoms with E-state index in [1.54, 1.807) is 6.20 Å². The SMILES string of the molecule is Cc1ccc(-c2nsc(CO)n2)nc1. The molecule has 0 saturated carbocycles. The number of rotatable bonds is 2. The molecule has 0 aliphatic heterocycles. The van der Waals surface area contributed by atoms with Gasteiger partial charge in [-0.1, -0.05) is 6.07 Å². The van der Waals surface area contributed by atoms with Gasteiger partial charge in [0.15, 0.2) is 5.82 Å². The van der Waals surface area contributed by atoms with E-state index in [4.69, 9.17) is 5.11 Å². The lowest BCUT2D eigenvalue weighted by Gasteiger charge is -1.94. The second kappa shape index (κ2) is 3.81. The van der Waals surface area contributed by atoms with Gasteiger partial charge in [-0.2, -0.15) is 4.37 Å². The van der Waals surface area contributed by atoms with Crippen molar-refractivity contribution in [3.05, 3.63) is 28.9 Å². The Balaban J connectivity index is 2.34. The van der Waals surface area contributed by atoms with Crippen LogP contribution >= 0.6 is 11.5 Å². The van der Waals surface area contributed by atoms with Crippen molar-refractivity contribution < 1.29 is 5.11 Å². The summed E-state index contributed by atoms with van der Waals surface area (Å²) in [4.78, 5) is 8.32. The molecule has 0 aliphatic rings. The van der Waals surface area contributed by atoms with E-state index in [9.17, 15) is 0 Å². The van der Waals surface area contributed by atoms with Crippen LogP contribution in [0.15, 0.2) is 18.3 Å².